The lowest BCUT2D eigenvalue weighted by Gasteiger charge is -2.23. The molecule has 1 aromatic rings. The molecule has 0 radical (unpaired) electrons. The molecule has 7 heteroatoms. The number of carbonyl (C=O) groups excluding carboxylic acids is 2. The fourth-order valence-corrected chi connectivity index (χ4v) is 1.77. The Morgan fingerprint density at radius 2 is 2.15 bits per heavy atom. The smallest absolute Gasteiger partial charge is 0.418 e. The van der Waals surface area contributed by atoms with Crippen molar-refractivity contribution in [2.45, 2.75) is 12.2 Å². The molecular weight excluding hydrogens is 275 g/mol. The highest BCUT2D eigenvalue weighted by Gasteiger charge is 2.43. The molecule has 1 amide bonds. The fourth-order valence-electron chi connectivity index (χ4n) is 1.77. The molecule has 2 rings (SSSR count). The first-order valence-corrected chi connectivity index (χ1v) is 5.44. The number of benzene rings is 1. The van der Waals surface area contributed by atoms with Gasteiger partial charge in [0, 0.05) is 0 Å². The van der Waals surface area contributed by atoms with Crippen LogP contribution in [0.2, 0.25) is 0 Å². The Bertz CT molecular complexity index is 646. The van der Waals surface area contributed by atoms with E-state index < -0.39 is 41.9 Å². The predicted octanol–water partition coefficient (Wildman–Crippen LogP) is 2.79. The highest BCUT2D eigenvalue weighted by molar-refractivity contribution is 6.05. The molecule has 0 aliphatic carbocycles. The molecule has 1 atom stereocenters. The lowest BCUT2D eigenvalue weighted by atomic mass is 10.1. The predicted molar refractivity (Wildman–Crippen MR) is 64.3 cm³/mol. The maximum Gasteiger partial charge on any atom is 0.418 e. The van der Waals surface area contributed by atoms with Crippen LogP contribution in [0.25, 0.3) is 0 Å². The molecule has 1 aliphatic rings. The summed E-state index contributed by atoms with van der Waals surface area (Å²) in [5.74, 6) is -0.965. The molecule has 0 spiro atoms. The average molecular weight is 287 g/mol. The lowest BCUT2D eigenvalue weighted by Crippen LogP contribution is -2.39. The second-order valence-electron chi connectivity index (χ2n) is 3.88. The van der Waals surface area contributed by atoms with Gasteiger partial charge < -0.3 is 4.74 Å². The number of nitrogens with zero attached hydrogens (tertiary/aromatic N) is 1. The summed E-state index contributed by atoms with van der Waals surface area (Å²) in [4.78, 5) is 24.0. The molecule has 0 aromatic heterocycles. The van der Waals surface area contributed by atoms with Gasteiger partial charge >= 0.3 is 12.3 Å². The van der Waals surface area contributed by atoms with Gasteiger partial charge in [-0.15, -0.1) is 0 Å². The van der Waals surface area contributed by atoms with Gasteiger partial charge in [0.15, 0.2) is 5.78 Å². The van der Waals surface area contributed by atoms with Crippen LogP contribution in [-0.4, -0.2) is 24.5 Å². The van der Waals surface area contributed by atoms with Crippen LogP contribution < -0.4 is 4.90 Å². The zero-order valence-corrected chi connectivity index (χ0v) is 9.98. The van der Waals surface area contributed by atoms with Crippen molar-refractivity contribution in [3.8, 4) is 0 Å². The number of hydrogen-bond donors (Lipinski definition) is 0. The Balaban J connectivity index is 2.62. The number of ketones is 1. The maximum atomic E-state index is 13.1. The van der Waals surface area contributed by atoms with Crippen LogP contribution in [0.4, 0.5) is 23.7 Å². The number of anilines is 1. The zero-order chi connectivity index (χ0) is 16.7. The van der Waals surface area contributed by atoms with E-state index in [0.717, 1.165) is 24.3 Å². The third-order valence-electron chi connectivity index (χ3n) is 2.65. The van der Waals surface area contributed by atoms with Crippen LogP contribution in [0.3, 0.4) is 0 Å². The van der Waals surface area contributed by atoms with Crippen LogP contribution in [0.5, 0.6) is 0 Å². The van der Waals surface area contributed by atoms with Gasteiger partial charge in [-0.05, 0) is 18.2 Å². The van der Waals surface area contributed by atoms with E-state index in [4.69, 9.17) is 2.74 Å². The van der Waals surface area contributed by atoms with Crippen LogP contribution in [-0.2, 0) is 15.7 Å². The zero-order valence-electron chi connectivity index (χ0n) is 12.0. The number of carbonyl (C=O) groups is 2. The summed E-state index contributed by atoms with van der Waals surface area (Å²) in [5, 5.41) is 0. The SMILES string of the molecule is [2H]C1([2H])OC(=O)N(c2ccccc2C(F)(F)F)C1C(=O)C=C. The lowest BCUT2D eigenvalue weighted by molar-refractivity contribution is -0.137. The van der Waals surface area contributed by atoms with E-state index in [1.54, 1.807) is 0 Å². The standard InChI is InChI=1S/C13H10F3NO3/c1-2-11(18)10-7-20-12(19)17(10)9-6-4-3-5-8(9)13(14,15)16/h2-6,10H,1,7H2/i7D2. The first-order chi connectivity index (χ1) is 10.1. The Labute approximate surface area is 115 Å². The summed E-state index contributed by atoms with van der Waals surface area (Å²) in [5.41, 5.74) is -1.83. The first kappa shape index (κ1) is 11.5. The number of amides is 1. The molecule has 0 N–H and O–H groups in total. The van der Waals surface area contributed by atoms with Gasteiger partial charge in [0.1, 0.15) is 12.6 Å². The Hall–Kier alpha value is -2.31. The highest BCUT2D eigenvalue weighted by atomic mass is 19.4. The second kappa shape index (κ2) is 4.99. The van der Waals surface area contributed by atoms with Gasteiger partial charge in [-0.1, -0.05) is 18.7 Å². The molecule has 4 nitrogen and oxygen atoms in total. The topological polar surface area (TPSA) is 46.6 Å². The quantitative estimate of drug-likeness (QED) is 0.803. The first-order valence-electron chi connectivity index (χ1n) is 6.44. The molecule has 106 valence electrons. The molecule has 0 saturated carbocycles. The van der Waals surface area contributed by atoms with Crippen molar-refractivity contribution in [3.63, 3.8) is 0 Å². The van der Waals surface area contributed by atoms with Gasteiger partial charge in [0.05, 0.1) is 14.0 Å². The minimum atomic E-state index is -4.78. The molecule has 1 heterocycles. The van der Waals surface area contributed by atoms with Gasteiger partial charge in [-0.3, -0.25) is 9.69 Å². The number of alkyl halides is 3. The molecule has 20 heavy (non-hydrogen) atoms. The average Bonchev–Trinajstić information content (AvgIpc) is 2.66. The van der Waals surface area contributed by atoms with Crippen molar-refractivity contribution >= 4 is 17.6 Å². The Morgan fingerprint density at radius 1 is 1.50 bits per heavy atom. The number of ether oxygens (including phenoxy) is 1. The van der Waals surface area contributed by atoms with Crippen molar-refractivity contribution in [1.82, 2.24) is 0 Å². The van der Waals surface area contributed by atoms with E-state index >= 15 is 0 Å². The van der Waals surface area contributed by atoms with Crippen molar-refractivity contribution in [2.75, 3.05) is 11.5 Å². The second-order valence-corrected chi connectivity index (χ2v) is 3.88. The van der Waals surface area contributed by atoms with Crippen LogP contribution in [0, 0.1) is 0 Å². The summed E-state index contributed by atoms with van der Waals surface area (Å²) >= 11 is 0. The third kappa shape index (κ3) is 2.38. The third-order valence-corrected chi connectivity index (χ3v) is 2.65. The van der Waals surface area contributed by atoms with E-state index in [1.165, 1.54) is 6.07 Å². The molecule has 1 aromatic carbocycles. The molecule has 1 aliphatic heterocycles. The van der Waals surface area contributed by atoms with Crippen molar-refractivity contribution in [2.24, 2.45) is 0 Å². The number of rotatable bonds is 3. The van der Waals surface area contributed by atoms with E-state index in [0.29, 0.717) is 4.90 Å². The minimum absolute atomic E-state index is 0.368. The Kier molecular flexibility index (Phi) is 2.87. The van der Waals surface area contributed by atoms with E-state index in [1.807, 2.05) is 0 Å². The Morgan fingerprint density at radius 3 is 2.75 bits per heavy atom. The van der Waals surface area contributed by atoms with Crippen molar-refractivity contribution in [3.05, 3.63) is 42.5 Å². The molecule has 1 fully saturated rings. The summed E-state index contributed by atoms with van der Waals surface area (Å²) in [6, 6.07) is 2.18. The molecule has 1 unspecified atom stereocenters. The minimum Gasteiger partial charge on any atom is -0.446 e. The number of cyclic esters (lactones) is 1. The van der Waals surface area contributed by atoms with Crippen molar-refractivity contribution in [1.29, 1.82) is 0 Å². The monoisotopic (exact) mass is 287 g/mol. The summed E-state index contributed by atoms with van der Waals surface area (Å²) in [6.45, 7) is 0.400. The van der Waals surface area contributed by atoms with Gasteiger partial charge in [-0.25, -0.2) is 4.79 Å². The van der Waals surface area contributed by atoms with Gasteiger partial charge in [0.2, 0.25) is 0 Å². The number of halogens is 3. The highest BCUT2D eigenvalue weighted by Crippen LogP contribution is 2.38. The maximum absolute atomic E-state index is 13.1. The van der Waals surface area contributed by atoms with Crippen molar-refractivity contribution < 1.29 is 30.2 Å². The van der Waals surface area contributed by atoms with Gasteiger partial charge in [-0.2, -0.15) is 13.2 Å². The summed E-state index contributed by atoms with van der Waals surface area (Å²) in [7, 11) is 0. The van der Waals surface area contributed by atoms with Crippen LogP contribution >= 0.6 is 0 Å². The van der Waals surface area contributed by atoms with Gasteiger partial charge in [0.25, 0.3) is 0 Å². The van der Waals surface area contributed by atoms with Crippen LogP contribution in [0.15, 0.2) is 36.9 Å². The molecular formula is C13H10F3NO3. The molecule has 1 saturated heterocycles. The summed E-state index contributed by atoms with van der Waals surface area (Å²) in [6.07, 6.45) is -5.43. The largest absolute Gasteiger partial charge is 0.446 e. The molecule has 0 bridgehead atoms. The van der Waals surface area contributed by atoms with E-state index in [2.05, 4.69) is 11.3 Å². The van der Waals surface area contributed by atoms with Crippen LogP contribution in [0.1, 0.15) is 8.30 Å². The fraction of sp³-hybridized carbons (Fsp3) is 0.231. The number of para-hydroxylation sites is 1. The van der Waals surface area contributed by atoms with E-state index in [-0.39, 0.29) is 0 Å². The number of hydrogen-bond acceptors (Lipinski definition) is 3. The van der Waals surface area contributed by atoms with E-state index in [9.17, 15) is 22.8 Å². The normalized spacial score (nSPS) is 22.9. The summed E-state index contributed by atoms with van der Waals surface area (Å²) < 4.78 is 58.7.